The monoisotopic (exact) mass is 346 g/mol. The normalized spacial score (nSPS) is 11.9. The van der Waals surface area contributed by atoms with Gasteiger partial charge in [-0.1, -0.05) is 13.0 Å². The third-order valence-corrected chi connectivity index (χ3v) is 4.00. The maximum absolute atomic E-state index is 12.3. The lowest BCUT2D eigenvalue weighted by atomic mass is 10.1. The molecule has 1 heterocycles. The zero-order valence-corrected chi connectivity index (χ0v) is 15.4. The zero-order valence-electron chi connectivity index (χ0n) is 15.4. The summed E-state index contributed by atoms with van der Waals surface area (Å²) in [5, 5.41) is 10.4. The number of hydrogen-bond acceptors (Lipinski definition) is 5. The van der Waals surface area contributed by atoms with E-state index in [4.69, 9.17) is 9.47 Å². The van der Waals surface area contributed by atoms with Crippen molar-refractivity contribution in [2.24, 2.45) is 5.92 Å². The van der Waals surface area contributed by atoms with E-state index in [0.29, 0.717) is 30.4 Å². The van der Waals surface area contributed by atoms with Crippen molar-refractivity contribution in [3.05, 3.63) is 35.5 Å². The molecule has 2 aromatic rings. The van der Waals surface area contributed by atoms with Gasteiger partial charge in [0.2, 0.25) is 5.91 Å². The van der Waals surface area contributed by atoms with Gasteiger partial charge in [-0.2, -0.15) is 5.10 Å². The average Bonchev–Trinajstić information content (AvgIpc) is 2.95. The smallest absolute Gasteiger partial charge is 0.229 e. The fraction of sp³-hybridized carbons (Fsp3) is 0.444. The Labute approximate surface area is 148 Å². The molecule has 0 aliphatic rings. The number of carbonyl (C=O) groups is 1. The Morgan fingerprint density at radius 3 is 2.64 bits per heavy atom. The van der Waals surface area contributed by atoms with Crippen LogP contribution in [0, 0.1) is 12.8 Å². The molecule has 2 N–H and O–H groups in total. The molecule has 7 heteroatoms. The summed E-state index contributed by atoms with van der Waals surface area (Å²) in [5.74, 6) is 1.89. The van der Waals surface area contributed by atoms with Crippen molar-refractivity contribution >= 4 is 11.7 Å². The van der Waals surface area contributed by atoms with Crippen LogP contribution in [0.25, 0.3) is 0 Å². The van der Waals surface area contributed by atoms with Crippen molar-refractivity contribution in [1.29, 1.82) is 0 Å². The minimum absolute atomic E-state index is 0.0356. The molecule has 0 radical (unpaired) electrons. The summed E-state index contributed by atoms with van der Waals surface area (Å²) in [7, 11) is 5.04. The van der Waals surface area contributed by atoms with Crippen molar-refractivity contribution in [3.63, 3.8) is 0 Å². The van der Waals surface area contributed by atoms with Gasteiger partial charge in [0.25, 0.3) is 0 Å². The number of aryl methyl sites for hydroxylation is 1. The zero-order chi connectivity index (χ0) is 18.4. The van der Waals surface area contributed by atoms with E-state index >= 15 is 0 Å². The van der Waals surface area contributed by atoms with Gasteiger partial charge in [-0.05, 0) is 31.7 Å². The number of benzene rings is 1. The van der Waals surface area contributed by atoms with Crippen molar-refractivity contribution in [1.82, 2.24) is 15.1 Å². The lowest BCUT2D eigenvalue weighted by molar-refractivity contribution is -0.119. The summed E-state index contributed by atoms with van der Waals surface area (Å²) in [6.45, 7) is 4.95. The summed E-state index contributed by atoms with van der Waals surface area (Å²) >= 11 is 0. The first kappa shape index (κ1) is 18.8. The molecule has 1 aromatic heterocycles. The van der Waals surface area contributed by atoms with E-state index in [2.05, 4.69) is 15.7 Å². The lowest BCUT2D eigenvalue weighted by Gasteiger charge is -2.15. The largest absolute Gasteiger partial charge is 0.493 e. The molecule has 0 fully saturated rings. The minimum atomic E-state index is -0.131. The first-order chi connectivity index (χ1) is 12.0. The van der Waals surface area contributed by atoms with Crippen LogP contribution in [0.15, 0.2) is 24.4 Å². The molecule has 7 nitrogen and oxygen atoms in total. The van der Waals surface area contributed by atoms with Gasteiger partial charge in [0.1, 0.15) is 5.82 Å². The molecule has 0 saturated heterocycles. The van der Waals surface area contributed by atoms with Gasteiger partial charge in [0, 0.05) is 18.0 Å². The number of nitrogens with one attached hydrogen (secondary N) is 2. The van der Waals surface area contributed by atoms with Crippen molar-refractivity contribution in [2.45, 2.75) is 20.4 Å². The second-order valence-electron chi connectivity index (χ2n) is 5.97. The maximum Gasteiger partial charge on any atom is 0.229 e. The quantitative estimate of drug-likeness (QED) is 0.765. The van der Waals surface area contributed by atoms with Crippen LogP contribution >= 0.6 is 0 Å². The van der Waals surface area contributed by atoms with Crippen LogP contribution in [0.1, 0.15) is 18.1 Å². The number of amides is 1. The molecule has 1 atom stereocenters. The predicted octanol–water partition coefficient (Wildman–Crippen LogP) is 2.05. The van der Waals surface area contributed by atoms with Crippen molar-refractivity contribution < 1.29 is 14.3 Å². The summed E-state index contributed by atoms with van der Waals surface area (Å²) in [6.07, 6.45) is 1.75. The van der Waals surface area contributed by atoms with Crippen LogP contribution in [0.4, 0.5) is 5.82 Å². The van der Waals surface area contributed by atoms with Crippen molar-refractivity contribution in [2.75, 3.05) is 33.1 Å². The SMILES string of the molecule is CNCC(C)C(=O)Nc1c(C)cnn1Cc1ccc(OC)c(OC)c1. The fourth-order valence-corrected chi connectivity index (χ4v) is 2.55. The molecule has 1 unspecified atom stereocenters. The summed E-state index contributed by atoms with van der Waals surface area (Å²) < 4.78 is 12.4. The fourth-order valence-electron chi connectivity index (χ4n) is 2.55. The van der Waals surface area contributed by atoms with E-state index < -0.39 is 0 Å². The second kappa shape index (κ2) is 8.53. The third-order valence-electron chi connectivity index (χ3n) is 4.00. The molecule has 1 amide bonds. The molecule has 136 valence electrons. The molecule has 25 heavy (non-hydrogen) atoms. The Balaban J connectivity index is 2.20. The first-order valence-electron chi connectivity index (χ1n) is 8.18. The van der Waals surface area contributed by atoms with E-state index in [1.807, 2.05) is 39.1 Å². The Kier molecular flexibility index (Phi) is 6.41. The topological polar surface area (TPSA) is 77.4 Å². The van der Waals surface area contributed by atoms with Crippen LogP contribution in [-0.2, 0) is 11.3 Å². The van der Waals surface area contributed by atoms with Crippen LogP contribution in [0.5, 0.6) is 11.5 Å². The highest BCUT2D eigenvalue weighted by atomic mass is 16.5. The van der Waals surface area contributed by atoms with Crippen molar-refractivity contribution in [3.8, 4) is 11.5 Å². The Morgan fingerprint density at radius 1 is 1.28 bits per heavy atom. The van der Waals surface area contributed by atoms with Crippen LogP contribution in [0.2, 0.25) is 0 Å². The van der Waals surface area contributed by atoms with E-state index in [0.717, 1.165) is 11.1 Å². The number of hydrogen-bond donors (Lipinski definition) is 2. The molecule has 1 aromatic carbocycles. The van der Waals surface area contributed by atoms with E-state index in [1.165, 1.54) is 0 Å². The van der Waals surface area contributed by atoms with Crippen LogP contribution in [-0.4, -0.2) is 43.5 Å². The molecule has 0 saturated carbocycles. The summed E-state index contributed by atoms with van der Waals surface area (Å²) in [6, 6.07) is 5.72. The highest BCUT2D eigenvalue weighted by Crippen LogP contribution is 2.28. The summed E-state index contributed by atoms with van der Waals surface area (Å²) in [5.41, 5.74) is 1.92. The molecule has 0 spiro atoms. The standard InChI is InChI=1S/C18H26N4O3/c1-12-10-20-22(17(12)21-18(23)13(2)9-19-3)11-14-6-7-15(24-4)16(8-14)25-5/h6-8,10,13,19H,9,11H2,1-5H3,(H,21,23). The maximum atomic E-state index is 12.3. The summed E-state index contributed by atoms with van der Waals surface area (Å²) in [4.78, 5) is 12.3. The van der Waals surface area contributed by atoms with Gasteiger partial charge in [0.15, 0.2) is 11.5 Å². The number of methoxy groups -OCH3 is 2. The predicted molar refractivity (Wildman–Crippen MR) is 97.3 cm³/mol. The van der Waals surface area contributed by atoms with E-state index in [-0.39, 0.29) is 11.8 Å². The van der Waals surface area contributed by atoms with Crippen LogP contribution < -0.4 is 20.1 Å². The highest BCUT2D eigenvalue weighted by molar-refractivity contribution is 5.92. The van der Waals surface area contributed by atoms with Gasteiger partial charge >= 0.3 is 0 Å². The van der Waals surface area contributed by atoms with Gasteiger partial charge < -0.3 is 20.1 Å². The van der Waals surface area contributed by atoms with Gasteiger partial charge in [-0.15, -0.1) is 0 Å². The molecule has 2 rings (SSSR count). The van der Waals surface area contributed by atoms with Gasteiger partial charge in [-0.3, -0.25) is 4.79 Å². The number of carbonyl (C=O) groups excluding carboxylic acids is 1. The molecule has 0 bridgehead atoms. The molecular formula is C18H26N4O3. The average molecular weight is 346 g/mol. The van der Waals surface area contributed by atoms with Gasteiger partial charge in [0.05, 0.1) is 27.0 Å². The number of nitrogens with zero attached hydrogens (tertiary/aromatic N) is 2. The third kappa shape index (κ3) is 4.51. The van der Waals surface area contributed by atoms with Crippen LogP contribution in [0.3, 0.4) is 0 Å². The highest BCUT2D eigenvalue weighted by Gasteiger charge is 2.16. The Morgan fingerprint density at radius 2 is 2.00 bits per heavy atom. The Hall–Kier alpha value is -2.54. The second-order valence-corrected chi connectivity index (χ2v) is 5.97. The molecule has 0 aliphatic carbocycles. The molecular weight excluding hydrogens is 320 g/mol. The number of aromatic nitrogens is 2. The number of anilines is 1. The van der Waals surface area contributed by atoms with E-state index in [1.54, 1.807) is 25.1 Å². The lowest BCUT2D eigenvalue weighted by Crippen LogP contribution is -2.29. The number of rotatable bonds is 8. The molecule has 0 aliphatic heterocycles. The Bertz CT molecular complexity index is 727. The van der Waals surface area contributed by atoms with Gasteiger partial charge in [-0.25, -0.2) is 4.68 Å². The van der Waals surface area contributed by atoms with E-state index in [9.17, 15) is 4.79 Å². The number of ether oxygens (including phenoxy) is 2. The first-order valence-corrected chi connectivity index (χ1v) is 8.18. The minimum Gasteiger partial charge on any atom is -0.493 e.